The number of carbonyl (C=O) groups excluding carboxylic acids is 1. The van der Waals surface area contributed by atoms with Gasteiger partial charge in [0.2, 0.25) is 0 Å². The number of hydrogen-bond acceptors (Lipinski definition) is 6. The molecule has 0 spiro atoms. The number of fused-ring (bicyclic) bond motifs is 1. The maximum atomic E-state index is 12.1. The Morgan fingerprint density at radius 3 is 2.80 bits per heavy atom. The van der Waals surface area contributed by atoms with Crippen molar-refractivity contribution in [2.24, 2.45) is 0 Å². The monoisotopic (exact) mass is 269 g/mol. The second kappa shape index (κ2) is 4.96. The molecule has 20 heavy (non-hydrogen) atoms. The summed E-state index contributed by atoms with van der Waals surface area (Å²) in [5.74, 6) is 0.583. The van der Waals surface area contributed by atoms with Crippen LogP contribution in [0.4, 0.5) is 5.82 Å². The van der Waals surface area contributed by atoms with Gasteiger partial charge in [-0.3, -0.25) is 4.79 Å². The van der Waals surface area contributed by atoms with Crippen LogP contribution in [-0.4, -0.2) is 32.0 Å². The van der Waals surface area contributed by atoms with Gasteiger partial charge in [-0.05, 0) is 12.1 Å². The number of para-hydroxylation sites is 1. The first kappa shape index (κ1) is 12.1. The van der Waals surface area contributed by atoms with Crippen LogP contribution in [0.3, 0.4) is 0 Å². The summed E-state index contributed by atoms with van der Waals surface area (Å²) in [6, 6.07) is 9.09. The Kier molecular flexibility index (Phi) is 3.00. The molecule has 100 valence electrons. The van der Waals surface area contributed by atoms with Crippen LogP contribution < -0.4 is 10.5 Å². The highest BCUT2D eigenvalue weighted by Crippen LogP contribution is 2.14. The Morgan fingerprint density at radius 1 is 1.20 bits per heavy atom. The van der Waals surface area contributed by atoms with E-state index >= 15 is 0 Å². The molecule has 0 atom stereocenters. The molecule has 0 amide bonds. The molecule has 3 rings (SSSR count). The lowest BCUT2D eigenvalue weighted by atomic mass is 10.3. The molecule has 0 bridgehead atoms. The second-order valence-corrected chi connectivity index (χ2v) is 4.04. The van der Waals surface area contributed by atoms with E-state index in [1.54, 1.807) is 12.1 Å². The van der Waals surface area contributed by atoms with Crippen LogP contribution in [0.2, 0.25) is 0 Å². The van der Waals surface area contributed by atoms with Gasteiger partial charge < -0.3 is 10.5 Å². The minimum atomic E-state index is -0.283. The quantitative estimate of drug-likeness (QED) is 0.765. The van der Waals surface area contributed by atoms with Gasteiger partial charge in [-0.15, -0.1) is 0 Å². The van der Waals surface area contributed by atoms with E-state index in [1.807, 2.05) is 18.2 Å². The molecule has 3 aromatic rings. The summed E-state index contributed by atoms with van der Waals surface area (Å²) >= 11 is 0. The molecule has 7 nitrogen and oxygen atoms in total. The Balaban J connectivity index is 1.81. The Morgan fingerprint density at radius 2 is 2.00 bits per heavy atom. The first-order valence-electron chi connectivity index (χ1n) is 5.90. The highest BCUT2D eigenvalue weighted by atomic mass is 16.5. The van der Waals surface area contributed by atoms with Crippen LogP contribution in [0.1, 0.15) is 4.79 Å². The van der Waals surface area contributed by atoms with Crippen LogP contribution >= 0.6 is 0 Å². The van der Waals surface area contributed by atoms with E-state index < -0.39 is 0 Å². The molecular formula is C13H11N5O2. The van der Waals surface area contributed by atoms with Gasteiger partial charge in [0.15, 0.2) is 23.6 Å². The van der Waals surface area contributed by atoms with Crippen molar-refractivity contribution in [1.82, 2.24) is 19.5 Å². The van der Waals surface area contributed by atoms with Gasteiger partial charge in [-0.1, -0.05) is 18.2 Å². The van der Waals surface area contributed by atoms with Crippen molar-refractivity contribution in [3.8, 4) is 5.75 Å². The van der Waals surface area contributed by atoms with E-state index in [-0.39, 0.29) is 18.3 Å². The van der Waals surface area contributed by atoms with Gasteiger partial charge in [-0.25, -0.2) is 19.5 Å². The number of ether oxygens (including phenoxy) is 1. The molecule has 7 heteroatoms. The van der Waals surface area contributed by atoms with Crippen LogP contribution in [0.5, 0.6) is 5.75 Å². The summed E-state index contributed by atoms with van der Waals surface area (Å²) in [5.41, 5.74) is 6.44. The summed E-state index contributed by atoms with van der Waals surface area (Å²) in [5, 5.41) is 0. The number of rotatable bonds is 3. The van der Waals surface area contributed by atoms with E-state index in [0.29, 0.717) is 16.9 Å². The largest absolute Gasteiger partial charge is 0.484 e. The lowest BCUT2D eigenvalue weighted by Crippen LogP contribution is -2.18. The number of benzene rings is 1. The van der Waals surface area contributed by atoms with Crippen LogP contribution in [0.15, 0.2) is 43.0 Å². The highest BCUT2D eigenvalue weighted by molar-refractivity contribution is 5.92. The van der Waals surface area contributed by atoms with Crippen molar-refractivity contribution < 1.29 is 9.53 Å². The van der Waals surface area contributed by atoms with Gasteiger partial charge in [0.1, 0.15) is 18.4 Å². The molecule has 2 aromatic heterocycles. The molecule has 0 fully saturated rings. The van der Waals surface area contributed by atoms with Crippen LogP contribution in [-0.2, 0) is 0 Å². The van der Waals surface area contributed by atoms with Gasteiger partial charge in [0, 0.05) is 0 Å². The predicted molar refractivity (Wildman–Crippen MR) is 72.3 cm³/mol. The average molecular weight is 269 g/mol. The van der Waals surface area contributed by atoms with E-state index in [9.17, 15) is 4.79 Å². The van der Waals surface area contributed by atoms with Crippen LogP contribution in [0, 0.1) is 0 Å². The molecule has 1 aromatic carbocycles. The second-order valence-electron chi connectivity index (χ2n) is 4.04. The molecular weight excluding hydrogens is 258 g/mol. The molecule has 0 aliphatic heterocycles. The van der Waals surface area contributed by atoms with E-state index in [4.69, 9.17) is 10.5 Å². The molecule has 0 radical (unpaired) electrons. The zero-order valence-corrected chi connectivity index (χ0v) is 10.4. The number of imidazole rings is 1. The van der Waals surface area contributed by atoms with E-state index in [2.05, 4.69) is 15.0 Å². The smallest absolute Gasteiger partial charge is 0.271 e. The predicted octanol–water partition coefficient (Wildman–Crippen LogP) is 1.13. The van der Waals surface area contributed by atoms with Gasteiger partial charge in [0.05, 0.1) is 0 Å². The minimum Gasteiger partial charge on any atom is -0.484 e. The van der Waals surface area contributed by atoms with Gasteiger partial charge in [-0.2, -0.15) is 0 Å². The number of aromatic nitrogens is 4. The number of anilines is 1. The molecule has 2 heterocycles. The zero-order valence-electron chi connectivity index (χ0n) is 10.4. The van der Waals surface area contributed by atoms with Crippen LogP contribution in [0.25, 0.3) is 11.2 Å². The SMILES string of the molecule is Nc1ncnc2c1ncn2C(=O)COc1ccccc1. The number of nitrogens with two attached hydrogens (primary N) is 1. The zero-order chi connectivity index (χ0) is 13.9. The first-order chi connectivity index (χ1) is 9.75. The van der Waals surface area contributed by atoms with Crippen molar-refractivity contribution in [2.75, 3.05) is 12.3 Å². The number of nitrogen functional groups attached to an aromatic ring is 1. The third kappa shape index (κ3) is 2.16. The molecule has 0 saturated carbocycles. The Bertz CT molecular complexity index is 754. The fourth-order valence-electron chi connectivity index (χ4n) is 1.77. The van der Waals surface area contributed by atoms with E-state index in [1.165, 1.54) is 17.2 Å². The Hall–Kier alpha value is -2.96. The fourth-order valence-corrected chi connectivity index (χ4v) is 1.77. The molecule has 2 N–H and O–H groups in total. The molecule has 0 aliphatic rings. The average Bonchev–Trinajstić information content (AvgIpc) is 2.91. The highest BCUT2D eigenvalue weighted by Gasteiger charge is 2.13. The van der Waals surface area contributed by atoms with Gasteiger partial charge >= 0.3 is 0 Å². The maximum absolute atomic E-state index is 12.1. The summed E-state index contributed by atoms with van der Waals surface area (Å²) < 4.78 is 6.70. The standard InChI is InChI=1S/C13H11N5O2/c14-12-11-13(16-7-15-12)18(8-17-11)10(19)6-20-9-4-2-1-3-5-9/h1-5,7-8H,6H2,(H2,14,15,16). The lowest BCUT2D eigenvalue weighted by molar-refractivity contribution is 0.0842. The number of nitrogens with zero attached hydrogens (tertiary/aromatic N) is 4. The van der Waals surface area contributed by atoms with E-state index in [0.717, 1.165) is 0 Å². The minimum absolute atomic E-state index is 0.112. The first-order valence-corrected chi connectivity index (χ1v) is 5.90. The summed E-state index contributed by atoms with van der Waals surface area (Å²) in [6.45, 7) is -0.112. The van der Waals surface area contributed by atoms with Crippen molar-refractivity contribution in [3.63, 3.8) is 0 Å². The van der Waals surface area contributed by atoms with Crippen molar-refractivity contribution in [3.05, 3.63) is 43.0 Å². The lowest BCUT2D eigenvalue weighted by Gasteiger charge is -2.05. The molecule has 0 aliphatic carbocycles. The summed E-state index contributed by atoms with van der Waals surface area (Å²) in [7, 11) is 0. The van der Waals surface area contributed by atoms with Crippen molar-refractivity contribution in [2.45, 2.75) is 0 Å². The van der Waals surface area contributed by atoms with Gasteiger partial charge in [0.25, 0.3) is 5.91 Å². The fraction of sp³-hybridized carbons (Fsp3) is 0.0769. The molecule has 0 unspecified atom stereocenters. The number of carbonyl (C=O) groups is 1. The third-order valence-corrected chi connectivity index (χ3v) is 2.74. The third-order valence-electron chi connectivity index (χ3n) is 2.74. The summed E-state index contributed by atoms with van der Waals surface area (Å²) in [6.07, 6.45) is 2.66. The Labute approximate surface area is 114 Å². The topological polar surface area (TPSA) is 95.9 Å². The maximum Gasteiger partial charge on any atom is 0.271 e. The summed E-state index contributed by atoms with van der Waals surface area (Å²) in [4.78, 5) is 24.0. The normalized spacial score (nSPS) is 10.6. The number of hydrogen-bond donors (Lipinski definition) is 1. The molecule has 0 saturated heterocycles. The van der Waals surface area contributed by atoms with Crippen molar-refractivity contribution >= 4 is 22.9 Å². The van der Waals surface area contributed by atoms with Crippen molar-refractivity contribution in [1.29, 1.82) is 0 Å².